The summed E-state index contributed by atoms with van der Waals surface area (Å²) in [6.07, 6.45) is 0. The number of halogens is 1. The van der Waals surface area contributed by atoms with Crippen LogP contribution in [-0.4, -0.2) is 30.9 Å². The van der Waals surface area contributed by atoms with Crippen LogP contribution in [0.2, 0.25) is 0 Å². The summed E-state index contributed by atoms with van der Waals surface area (Å²) in [5, 5.41) is 6.45. The summed E-state index contributed by atoms with van der Waals surface area (Å²) in [6, 6.07) is 3.21. The zero-order valence-electron chi connectivity index (χ0n) is 15.4. The Bertz CT molecular complexity index is 745. The molecule has 0 aromatic heterocycles. The number of ether oxygens (including phenoxy) is 3. The number of hydrogen-bond donors (Lipinski definition) is 2. The summed E-state index contributed by atoms with van der Waals surface area (Å²) in [4.78, 5) is 12.8. The summed E-state index contributed by atoms with van der Waals surface area (Å²) >= 11 is 8.73. The highest BCUT2D eigenvalue weighted by atomic mass is 79.9. The SMILES string of the molecule is C=C1NC(=S)N[C@H](c2cc(Br)c(OC)c(OC)c2)[C@H]1C(=O)OC(C)(C)C. The molecule has 142 valence electrons. The van der Waals surface area contributed by atoms with Crippen LogP contribution in [0, 0.1) is 5.92 Å². The van der Waals surface area contributed by atoms with E-state index in [2.05, 4.69) is 33.1 Å². The van der Waals surface area contributed by atoms with E-state index in [0.717, 1.165) is 5.56 Å². The van der Waals surface area contributed by atoms with Crippen molar-refractivity contribution in [1.82, 2.24) is 10.6 Å². The van der Waals surface area contributed by atoms with Crippen LogP contribution in [0.4, 0.5) is 0 Å². The normalized spacial score (nSPS) is 20.1. The number of hydrogen-bond acceptors (Lipinski definition) is 5. The first-order valence-corrected chi connectivity index (χ1v) is 9.18. The molecule has 1 heterocycles. The van der Waals surface area contributed by atoms with Gasteiger partial charge in [0, 0.05) is 5.70 Å². The van der Waals surface area contributed by atoms with Gasteiger partial charge in [-0.3, -0.25) is 4.79 Å². The number of carbonyl (C=O) groups excluding carboxylic acids is 1. The minimum absolute atomic E-state index is 0.388. The molecule has 0 bridgehead atoms. The molecule has 26 heavy (non-hydrogen) atoms. The molecule has 2 rings (SSSR count). The van der Waals surface area contributed by atoms with Crippen LogP contribution < -0.4 is 20.1 Å². The van der Waals surface area contributed by atoms with Gasteiger partial charge in [0.05, 0.1) is 24.7 Å². The summed E-state index contributed by atoms with van der Waals surface area (Å²) in [5.41, 5.74) is 0.659. The first-order chi connectivity index (χ1) is 12.1. The maximum absolute atomic E-state index is 12.8. The van der Waals surface area contributed by atoms with Gasteiger partial charge in [-0.05, 0) is 66.6 Å². The van der Waals surface area contributed by atoms with E-state index in [1.807, 2.05) is 26.8 Å². The van der Waals surface area contributed by atoms with E-state index in [0.29, 0.717) is 26.8 Å². The molecule has 6 nitrogen and oxygen atoms in total. The maximum atomic E-state index is 12.8. The van der Waals surface area contributed by atoms with E-state index < -0.39 is 17.6 Å². The fourth-order valence-electron chi connectivity index (χ4n) is 2.72. The topological polar surface area (TPSA) is 68.8 Å². The maximum Gasteiger partial charge on any atom is 0.317 e. The quantitative estimate of drug-likeness (QED) is 0.546. The lowest BCUT2D eigenvalue weighted by Gasteiger charge is -2.36. The number of methoxy groups -OCH3 is 2. The average Bonchev–Trinajstić information content (AvgIpc) is 2.51. The van der Waals surface area contributed by atoms with Crippen LogP contribution in [0.3, 0.4) is 0 Å². The van der Waals surface area contributed by atoms with Crippen molar-refractivity contribution in [3.8, 4) is 11.5 Å². The fourth-order valence-corrected chi connectivity index (χ4v) is 3.60. The first-order valence-electron chi connectivity index (χ1n) is 7.98. The highest BCUT2D eigenvalue weighted by Crippen LogP contribution is 2.41. The molecule has 1 aromatic carbocycles. The minimum Gasteiger partial charge on any atom is -0.493 e. The van der Waals surface area contributed by atoms with Gasteiger partial charge < -0.3 is 24.8 Å². The van der Waals surface area contributed by atoms with Crippen LogP contribution >= 0.6 is 28.1 Å². The second-order valence-corrected chi connectivity index (χ2v) is 8.11. The number of thiocarbonyl (C=S) groups is 1. The largest absolute Gasteiger partial charge is 0.493 e. The van der Waals surface area contributed by atoms with E-state index in [1.54, 1.807) is 20.3 Å². The van der Waals surface area contributed by atoms with Gasteiger partial charge in [0.1, 0.15) is 11.5 Å². The van der Waals surface area contributed by atoms with E-state index in [1.165, 1.54) is 0 Å². The molecular formula is C18H23BrN2O4S. The predicted octanol–water partition coefficient (Wildman–Crippen LogP) is 3.46. The smallest absolute Gasteiger partial charge is 0.317 e. The Morgan fingerprint density at radius 1 is 1.27 bits per heavy atom. The summed E-state index contributed by atoms with van der Waals surface area (Å²) in [5.74, 6) is 0.0592. The first kappa shape index (κ1) is 20.5. The number of rotatable bonds is 4. The van der Waals surface area contributed by atoms with Gasteiger partial charge in [-0.2, -0.15) is 0 Å². The Kier molecular flexibility index (Phi) is 6.18. The van der Waals surface area contributed by atoms with Crippen LogP contribution in [0.5, 0.6) is 11.5 Å². The minimum atomic E-state index is -0.661. The Hall–Kier alpha value is -1.80. The van der Waals surface area contributed by atoms with Gasteiger partial charge in [-0.1, -0.05) is 6.58 Å². The van der Waals surface area contributed by atoms with Crippen molar-refractivity contribution in [2.45, 2.75) is 32.4 Å². The summed E-state index contributed by atoms with van der Waals surface area (Å²) < 4.78 is 17.0. The van der Waals surface area contributed by atoms with Gasteiger partial charge in [0.15, 0.2) is 16.6 Å². The van der Waals surface area contributed by atoms with Gasteiger partial charge >= 0.3 is 5.97 Å². The van der Waals surface area contributed by atoms with Gasteiger partial charge in [-0.25, -0.2) is 0 Å². The highest BCUT2D eigenvalue weighted by Gasteiger charge is 2.39. The molecule has 0 saturated carbocycles. The van der Waals surface area contributed by atoms with E-state index in [-0.39, 0.29) is 5.97 Å². The van der Waals surface area contributed by atoms with Crippen molar-refractivity contribution >= 4 is 39.2 Å². The Labute approximate surface area is 167 Å². The molecule has 2 N–H and O–H groups in total. The number of nitrogens with one attached hydrogen (secondary N) is 2. The monoisotopic (exact) mass is 442 g/mol. The molecule has 0 aliphatic carbocycles. The molecule has 0 amide bonds. The zero-order chi connectivity index (χ0) is 19.6. The summed E-state index contributed by atoms with van der Waals surface area (Å²) in [7, 11) is 3.12. The van der Waals surface area contributed by atoms with E-state index in [4.69, 9.17) is 26.4 Å². The second-order valence-electron chi connectivity index (χ2n) is 6.85. The average molecular weight is 443 g/mol. The van der Waals surface area contributed by atoms with Gasteiger partial charge in [0.2, 0.25) is 0 Å². The van der Waals surface area contributed by atoms with Crippen LogP contribution in [0.1, 0.15) is 32.4 Å². The van der Waals surface area contributed by atoms with Crippen molar-refractivity contribution in [2.24, 2.45) is 5.92 Å². The molecule has 0 unspecified atom stereocenters. The van der Waals surface area contributed by atoms with Crippen molar-refractivity contribution in [3.05, 3.63) is 34.4 Å². The molecule has 8 heteroatoms. The van der Waals surface area contributed by atoms with Crippen LogP contribution in [0.25, 0.3) is 0 Å². The number of carbonyl (C=O) groups is 1. The Morgan fingerprint density at radius 2 is 1.92 bits per heavy atom. The third kappa shape index (κ3) is 4.48. The number of benzene rings is 1. The van der Waals surface area contributed by atoms with Crippen molar-refractivity contribution in [2.75, 3.05) is 14.2 Å². The molecule has 1 fully saturated rings. The highest BCUT2D eigenvalue weighted by molar-refractivity contribution is 9.10. The van der Waals surface area contributed by atoms with E-state index >= 15 is 0 Å². The van der Waals surface area contributed by atoms with Gasteiger partial charge in [0.25, 0.3) is 0 Å². The molecule has 1 aliphatic rings. The molecular weight excluding hydrogens is 420 g/mol. The van der Waals surface area contributed by atoms with E-state index in [9.17, 15) is 4.79 Å². The Morgan fingerprint density at radius 3 is 2.46 bits per heavy atom. The fraction of sp³-hybridized carbons (Fsp3) is 0.444. The lowest BCUT2D eigenvalue weighted by atomic mass is 9.88. The third-order valence-electron chi connectivity index (χ3n) is 3.75. The molecule has 2 atom stereocenters. The standard InChI is InChI=1S/C18H23BrN2O4S/c1-9-13(16(22)25-18(2,3)4)14(21-17(26)20-9)10-7-11(19)15(24-6)12(8-10)23-5/h7-8,13-14H,1H2,2-6H3,(H2,20,21,26)/t13-,14+/m0/s1. The van der Waals surface area contributed by atoms with Crippen molar-refractivity contribution in [3.63, 3.8) is 0 Å². The second kappa shape index (κ2) is 7.84. The van der Waals surface area contributed by atoms with Crippen molar-refractivity contribution < 1.29 is 19.0 Å². The predicted molar refractivity (Wildman–Crippen MR) is 107 cm³/mol. The Balaban J connectivity index is 2.48. The molecule has 0 spiro atoms. The third-order valence-corrected chi connectivity index (χ3v) is 4.55. The van der Waals surface area contributed by atoms with Crippen LogP contribution in [-0.2, 0) is 9.53 Å². The molecule has 0 radical (unpaired) electrons. The lowest BCUT2D eigenvalue weighted by molar-refractivity contribution is -0.159. The molecule has 1 aliphatic heterocycles. The lowest BCUT2D eigenvalue weighted by Crippen LogP contribution is -2.51. The number of esters is 1. The molecule has 1 aromatic rings. The van der Waals surface area contributed by atoms with Crippen molar-refractivity contribution in [1.29, 1.82) is 0 Å². The molecule has 1 saturated heterocycles. The van der Waals surface area contributed by atoms with Gasteiger partial charge in [-0.15, -0.1) is 0 Å². The summed E-state index contributed by atoms with van der Waals surface area (Å²) in [6.45, 7) is 9.43. The zero-order valence-corrected chi connectivity index (χ0v) is 17.8. The van der Waals surface area contributed by atoms with Crippen LogP contribution in [0.15, 0.2) is 28.9 Å².